The average Bonchev–Trinajstić information content (AvgIpc) is 2.33. The molecule has 0 spiro atoms. The maximum absolute atomic E-state index is 13.5. The van der Waals surface area contributed by atoms with Gasteiger partial charge in [0.1, 0.15) is 5.75 Å². The number of aryl methyl sites for hydroxylation is 1. The van der Waals surface area contributed by atoms with E-state index < -0.39 is 5.82 Å². The van der Waals surface area contributed by atoms with Gasteiger partial charge < -0.3 is 4.74 Å². The van der Waals surface area contributed by atoms with Crippen molar-refractivity contribution in [2.75, 3.05) is 0 Å². The van der Waals surface area contributed by atoms with E-state index in [0.717, 1.165) is 0 Å². The van der Waals surface area contributed by atoms with E-state index in [-0.39, 0.29) is 5.75 Å². The van der Waals surface area contributed by atoms with Crippen molar-refractivity contribution in [3.63, 3.8) is 0 Å². The van der Waals surface area contributed by atoms with Crippen molar-refractivity contribution < 1.29 is 9.13 Å². The Bertz CT molecular complexity index is 614. The van der Waals surface area contributed by atoms with Crippen LogP contribution in [0.2, 0.25) is 5.02 Å². The quantitative estimate of drug-likeness (QED) is 0.809. The summed E-state index contributed by atoms with van der Waals surface area (Å²) < 4.78 is 19.0. The lowest BCUT2D eigenvalue weighted by molar-refractivity contribution is 0.438. The van der Waals surface area contributed by atoms with Crippen molar-refractivity contribution in [2.24, 2.45) is 0 Å². The molecule has 0 saturated heterocycles. The SMILES string of the molecule is Cc1cc[c]c(F)c1Oc1cc(Cl)cc(C#N)c1. The van der Waals surface area contributed by atoms with Crippen LogP contribution in [0.3, 0.4) is 0 Å². The third-order valence-electron chi connectivity index (χ3n) is 2.32. The number of hydrogen-bond acceptors (Lipinski definition) is 2. The minimum atomic E-state index is -0.575. The van der Waals surface area contributed by atoms with Crippen LogP contribution in [0, 0.1) is 30.1 Å². The highest BCUT2D eigenvalue weighted by Gasteiger charge is 2.09. The molecule has 89 valence electrons. The Kier molecular flexibility index (Phi) is 3.50. The summed E-state index contributed by atoms with van der Waals surface area (Å²) in [5.74, 6) is -0.169. The first-order valence-electron chi connectivity index (χ1n) is 5.15. The Morgan fingerprint density at radius 2 is 2.17 bits per heavy atom. The fraction of sp³-hybridized carbons (Fsp3) is 0.0714. The van der Waals surface area contributed by atoms with Crippen molar-refractivity contribution in [3.8, 4) is 17.6 Å². The summed E-state index contributed by atoms with van der Waals surface area (Å²) in [5.41, 5.74) is 1.00. The zero-order valence-corrected chi connectivity index (χ0v) is 10.3. The van der Waals surface area contributed by atoms with Gasteiger partial charge in [0.05, 0.1) is 11.6 Å². The molecule has 0 heterocycles. The third-order valence-corrected chi connectivity index (χ3v) is 2.54. The molecule has 0 aliphatic carbocycles. The molecule has 2 nitrogen and oxygen atoms in total. The van der Waals surface area contributed by atoms with E-state index in [4.69, 9.17) is 21.6 Å². The van der Waals surface area contributed by atoms with Gasteiger partial charge in [-0.2, -0.15) is 5.26 Å². The van der Waals surface area contributed by atoms with Gasteiger partial charge in [0.25, 0.3) is 0 Å². The second-order valence-electron chi connectivity index (χ2n) is 3.69. The van der Waals surface area contributed by atoms with Crippen molar-refractivity contribution in [2.45, 2.75) is 6.92 Å². The lowest BCUT2D eigenvalue weighted by atomic mass is 10.2. The molecule has 2 aromatic rings. The summed E-state index contributed by atoms with van der Waals surface area (Å²) in [4.78, 5) is 0. The van der Waals surface area contributed by atoms with E-state index in [1.54, 1.807) is 13.0 Å². The van der Waals surface area contributed by atoms with Crippen LogP contribution in [0.15, 0.2) is 30.3 Å². The molecule has 18 heavy (non-hydrogen) atoms. The molecule has 0 aliphatic heterocycles. The number of halogens is 2. The molecule has 0 bridgehead atoms. The van der Waals surface area contributed by atoms with E-state index in [1.807, 2.05) is 6.07 Å². The van der Waals surface area contributed by atoms with Crippen LogP contribution in [0.4, 0.5) is 4.39 Å². The van der Waals surface area contributed by atoms with Gasteiger partial charge in [-0.15, -0.1) is 0 Å². The molecule has 1 radical (unpaired) electrons. The molecule has 0 saturated carbocycles. The van der Waals surface area contributed by atoms with Crippen LogP contribution in [-0.4, -0.2) is 0 Å². The van der Waals surface area contributed by atoms with E-state index in [2.05, 4.69) is 6.07 Å². The fourth-order valence-electron chi connectivity index (χ4n) is 1.48. The molecule has 0 fully saturated rings. The summed E-state index contributed by atoms with van der Waals surface area (Å²) in [6, 6.07) is 12.1. The zero-order valence-electron chi connectivity index (χ0n) is 9.50. The molecule has 2 aromatic carbocycles. The second-order valence-corrected chi connectivity index (χ2v) is 4.13. The van der Waals surface area contributed by atoms with Crippen LogP contribution >= 0.6 is 11.6 Å². The molecule has 0 unspecified atom stereocenters. The minimum absolute atomic E-state index is 0.0867. The van der Waals surface area contributed by atoms with Gasteiger partial charge in [-0.3, -0.25) is 0 Å². The van der Waals surface area contributed by atoms with Gasteiger partial charge in [0, 0.05) is 11.1 Å². The highest BCUT2D eigenvalue weighted by molar-refractivity contribution is 6.30. The monoisotopic (exact) mass is 260 g/mol. The fourth-order valence-corrected chi connectivity index (χ4v) is 1.71. The van der Waals surface area contributed by atoms with Crippen molar-refractivity contribution in [1.29, 1.82) is 5.26 Å². The van der Waals surface area contributed by atoms with Gasteiger partial charge in [0.15, 0.2) is 11.6 Å². The lowest BCUT2D eigenvalue weighted by Crippen LogP contribution is -1.92. The normalized spacial score (nSPS) is 9.89. The molecule has 0 N–H and O–H groups in total. The first-order chi connectivity index (χ1) is 8.60. The van der Waals surface area contributed by atoms with Gasteiger partial charge in [-0.25, -0.2) is 4.39 Å². The first kappa shape index (κ1) is 12.4. The predicted molar refractivity (Wildman–Crippen MR) is 66.2 cm³/mol. The maximum Gasteiger partial charge on any atom is 0.173 e. The smallest absolute Gasteiger partial charge is 0.173 e. The van der Waals surface area contributed by atoms with Crippen LogP contribution < -0.4 is 4.74 Å². The van der Waals surface area contributed by atoms with E-state index in [1.165, 1.54) is 24.3 Å². The Morgan fingerprint density at radius 1 is 1.39 bits per heavy atom. The van der Waals surface area contributed by atoms with Crippen molar-refractivity contribution in [1.82, 2.24) is 0 Å². The third kappa shape index (κ3) is 2.61. The number of benzene rings is 2. The lowest BCUT2D eigenvalue weighted by Gasteiger charge is -2.09. The molecule has 4 heteroatoms. The largest absolute Gasteiger partial charge is 0.454 e. The highest BCUT2D eigenvalue weighted by Crippen LogP contribution is 2.30. The second kappa shape index (κ2) is 5.07. The molecular weight excluding hydrogens is 253 g/mol. The van der Waals surface area contributed by atoms with Crippen LogP contribution in [0.25, 0.3) is 0 Å². The Balaban J connectivity index is 2.40. The van der Waals surface area contributed by atoms with Crippen LogP contribution in [-0.2, 0) is 0 Å². The molecule has 2 rings (SSSR count). The Morgan fingerprint density at radius 3 is 2.83 bits per heavy atom. The number of nitrogens with zero attached hydrogens (tertiary/aromatic N) is 1. The minimum Gasteiger partial charge on any atom is -0.454 e. The van der Waals surface area contributed by atoms with E-state index >= 15 is 0 Å². The summed E-state index contributed by atoms with van der Waals surface area (Å²) >= 11 is 5.84. The Labute approximate surface area is 109 Å². The molecule has 0 amide bonds. The topological polar surface area (TPSA) is 33.0 Å². The highest BCUT2D eigenvalue weighted by atomic mass is 35.5. The number of rotatable bonds is 2. The summed E-state index contributed by atoms with van der Waals surface area (Å²) in [6.07, 6.45) is 0. The number of nitriles is 1. The number of hydrogen-bond donors (Lipinski definition) is 0. The van der Waals surface area contributed by atoms with Crippen molar-refractivity contribution >= 4 is 11.6 Å². The molecule has 0 aliphatic rings. The predicted octanol–water partition coefficient (Wildman–Crippen LogP) is 4.25. The average molecular weight is 261 g/mol. The molecular formula is C14H8ClFNO. The number of ether oxygens (including phenoxy) is 1. The van der Waals surface area contributed by atoms with Gasteiger partial charge in [-0.1, -0.05) is 23.7 Å². The summed E-state index contributed by atoms with van der Waals surface area (Å²) in [5, 5.41) is 9.18. The maximum atomic E-state index is 13.5. The standard InChI is InChI=1S/C14H8ClFNO/c1-9-3-2-4-13(16)14(9)18-12-6-10(8-17)5-11(15)7-12/h2-3,5-7H,1H3. The van der Waals surface area contributed by atoms with Gasteiger partial charge in [-0.05, 0) is 30.7 Å². The Hall–Kier alpha value is -2.05. The van der Waals surface area contributed by atoms with E-state index in [0.29, 0.717) is 21.9 Å². The van der Waals surface area contributed by atoms with E-state index in [9.17, 15) is 4.39 Å². The van der Waals surface area contributed by atoms with Gasteiger partial charge in [0.2, 0.25) is 0 Å². The van der Waals surface area contributed by atoms with Crippen LogP contribution in [0.5, 0.6) is 11.5 Å². The van der Waals surface area contributed by atoms with Crippen LogP contribution in [0.1, 0.15) is 11.1 Å². The molecule has 0 aromatic heterocycles. The molecule has 0 atom stereocenters. The van der Waals surface area contributed by atoms with Crippen molar-refractivity contribution in [3.05, 3.63) is 58.4 Å². The summed E-state index contributed by atoms with van der Waals surface area (Å²) in [7, 11) is 0. The zero-order chi connectivity index (χ0) is 13.1. The summed E-state index contributed by atoms with van der Waals surface area (Å²) in [6.45, 7) is 1.72. The first-order valence-corrected chi connectivity index (χ1v) is 5.53. The van der Waals surface area contributed by atoms with Gasteiger partial charge >= 0.3 is 0 Å².